The first kappa shape index (κ1) is 17.9. The number of nitrogens with one attached hydrogen (secondary N) is 1. The van der Waals surface area contributed by atoms with Crippen molar-refractivity contribution >= 4 is 22.6 Å². The molecule has 0 saturated heterocycles. The SMILES string of the molecule is COCC(=O)NN(C(=O)c1cc2cccc3ccccc3c-2c1)C(C)C. The molecule has 3 rings (SSSR count). The van der Waals surface area contributed by atoms with Crippen molar-refractivity contribution < 1.29 is 14.3 Å². The molecule has 1 aromatic carbocycles. The first-order chi connectivity index (χ1) is 12.5. The van der Waals surface area contributed by atoms with Crippen LogP contribution in [0, 0.1) is 0 Å². The van der Waals surface area contributed by atoms with Crippen molar-refractivity contribution in [3.05, 3.63) is 60.2 Å². The maximum absolute atomic E-state index is 13.0. The number of amides is 2. The lowest BCUT2D eigenvalue weighted by Crippen LogP contribution is -2.50. The number of hydrogen-bond donors (Lipinski definition) is 1. The molecule has 0 saturated carbocycles. The van der Waals surface area contributed by atoms with Crippen molar-refractivity contribution in [1.82, 2.24) is 10.4 Å². The third kappa shape index (κ3) is 3.53. The molecule has 0 aliphatic heterocycles. The smallest absolute Gasteiger partial charge is 0.272 e. The van der Waals surface area contributed by atoms with Gasteiger partial charge in [0.05, 0.1) is 0 Å². The van der Waals surface area contributed by atoms with E-state index in [-0.39, 0.29) is 24.5 Å². The third-order valence-corrected chi connectivity index (χ3v) is 4.23. The van der Waals surface area contributed by atoms with Gasteiger partial charge in [0.25, 0.3) is 11.8 Å². The fraction of sp³-hybridized carbons (Fsp3) is 0.238. The van der Waals surface area contributed by atoms with Gasteiger partial charge in [-0.3, -0.25) is 15.0 Å². The summed E-state index contributed by atoms with van der Waals surface area (Å²) in [7, 11) is 1.44. The number of ether oxygens (including phenoxy) is 1. The van der Waals surface area contributed by atoms with Crippen molar-refractivity contribution in [2.24, 2.45) is 0 Å². The van der Waals surface area contributed by atoms with E-state index in [1.807, 2.05) is 56.3 Å². The lowest BCUT2D eigenvalue weighted by Gasteiger charge is -2.26. The van der Waals surface area contributed by atoms with Gasteiger partial charge in [-0.1, -0.05) is 42.5 Å². The molecular formula is C21H22N2O3. The number of methoxy groups -OCH3 is 1. The van der Waals surface area contributed by atoms with Gasteiger partial charge in [0.2, 0.25) is 0 Å². The van der Waals surface area contributed by atoms with E-state index in [4.69, 9.17) is 4.74 Å². The molecule has 0 aromatic heterocycles. The standard InChI is InChI=1S/C21H22N2O3/c1-14(2)23(22-20(24)13-26-3)21(25)17-11-16-9-6-8-15-7-4-5-10-18(15)19(16)12-17/h4-12,14H,13H2,1-3H3,(H,22,24). The van der Waals surface area contributed by atoms with E-state index in [0.717, 1.165) is 21.9 Å². The molecule has 0 unspecified atom stereocenters. The molecule has 2 aliphatic rings. The molecule has 2 aliphatic carbocycles. The summed E-state index contributed by atoms with van der Waals surface area (Å²) in [4.78, 5) is 24.8. The van der Waals surface area contributed by atoms with Gasteiger partial charge in [0.15, 0.2) is 0 Å². The van der Waals surface area contributed by atoms with Crippen LogP contribution in [0.25, 0.3) is 21.9 Å². The number of hydrogen-bond acceptors (Lipinski definition) is 3. The Kier molecular flexibility index (Phi) is 5.19. The Bertz CT molecular complexity index is 920. The molecule has 0 radical (unpaired) electrons. The lowest BCUT2D eigenvalue weighted by molar-refractivity contribution is -0.129. The van der Waals surface area contributed by atoms with Crippen LogP contribution in [0.2, 0.25) is 0 Å². The molecule has 2 amide bonds. The molecule has 1 aromatic rings. The van der Waals surface area contributed by atoms with Crippen LogP contribution in [0.5, 0.6) is 0 Å². The Morgan fingerprint density at radius 3 is 2.54 bits per heavy atom. The Labute approximate surface area is 152 Å². The molecule has 5 nitrogen and oxygen atoms in total. The lowest BCUT2D eigenvalue weighted by atomic mass is 10.1. The van der Waals surface area contributed by atoms with Crippen LogP contribution in [0.1, 0.15) is 24.2 Å². The second-order valence-electron chi connectivity index (χ2n) is 6.46. The van der Waals surface area contributed by atoms with Crippen molar-refractivity contribution in [2.75, 3.05) is 13.7 Å². The maximum atomic E-state index is 13.0. The minimum atomic E-state index is -0.359. The Balaban J connectivity index is 2.01. The minimum Gasteiger partial charge on any atom is -0.375 e. The summed E-state index contributed by atoms with van der Waals surface area (Å²) in [5, 5.41) is 3.55. The fourth-order valence-corrected chi connectivity index (χ4v) is 3.01. The van der Waals surface area contributed by atoms with Gasteiger partial charge in [-0.25, -0.2) is 5.01 Å². The summed E-state index contributed by atoms with van der Waals surface area (Å²) in [5.74, 6) is -0.602. The Morgan fingerprint density at radius 1 is 1.08 bits per heavy atom. The van der Waals surface area contributed by atoms with E-state index in [2.05, 4.69) is 17.6 Å². The van der Waals surface area contributed by atoms with E-state index in [0.29, 0.717) is 5.56 Å². The number of rotatable bonds is 4. The highest BCUT2D eigenvalue weighted by Gasteiger charge is 2.23. The van der Waals surface area contributed by atoms with E-state index >= 15 is 0 Å². The van der Waals surface area contributed by atoms with Crippen LogP contribution in [0.4, 0.5) is 0 Å². The second kappa shape index (κ2) is 7.54. The van der Waals surface area contributed by atoms with Crippen molar-refractivity contribution in [2.45, 2.75) is 19.9 Å². The van der Waals surface area contributed by atoms with Crippen molar-refractivity contribution in [3.63, 3.8) is 0 Å². The molecule has 0 bridgehead atoms. The van der Waals surface area contributed by atoms with Gasteiger partial charge >= 0.3 is 0 Å². The Hall–Kier alpha value is -2.92. The maximum Gasteiger partial charge on any atom is 0.272 e. The van der Waals surface area contributed by atoms with E-state index in [9.17, 15) is 9.59 Å². The van der Waals surface area contributed by atoms with Crippen LogP contribution < -0.4 is 5.43 Å². The fourth-order valence-electron chi connectivity index (χ4n) is 3.01. The number of nitrogens with zero attached hydrogens (tertiary/aromatic N) is 1. The molecule has 5 heteroatoms. The van der Waals surface area contributed by atoms with Gasteiger partial charge in [-0.15, -0.1) is 0 Å². The summed E-state index contributed by atoms with van der Waals surface area (Å²) in [5.41, 5.74) is 5.17. The molecule has 0 spiro atoms. The minimum absolute atomic E-state index is 0.0973. The van der Waals surface area contributed by atoms with Crippen LogP contribution >= 0.6 is 0 Å². The zero-order valence-electron chi connectivity index (χ0n) is 15.2. The molecule has 26 heavy (non-hydrogen) atoms. The first-order valence-corrected chi connectivity index (χ1v) is 8.54. The number of carbonyl (C=O) groups is 2. The predicted molar refractivity (Wildman–Crippen MR) is 102 cm³/mol. The largest absolute Gasteiger partial charge is 0.375 e. The first-order valence-electron chi connectivity index (χ1n) is 8.54. The summed E-state index contributed by atoms with van der Waals surface area (Å²) in [6.07, 6.45) is 0. The summed E-state index contributed by atoms with van der Waals surface area (Å²) >= 11 is 0. The molecule has 0 atom stereocenters. The summed E-state index contributed by atoms with van der Waals surface area (Å²) < 4.78 is 4.83. The van der Waals surface area contributed by atoms with Crippen LogP contribution in [0.15, 0.2) is 54.6 Å². The third-order valence-electron chi connectivity index (χ3n) is 4.23. The molecular weight excluding hydrogens is 328 g/mol. The average Bonchev–Trinajstić information content (AvgIpc) is 2.96. The number of benzene rings is 1. The van der Waals surface area contributed by atoms with Gasteiger partial charge in [-0.2, -0.15) is 0 Å². The average molecular weight is 350 g/mol. The van der Waals surface area contributed by atoms with Crippen molar-refractivity contribution in [3.8, 4) is 11.1 Å². The number of carbonyl (C=O) groups excluding carboxylic acids is 2. The monoisotopic (exact) mass is 350 g/mol. The molecule has 134 valence electrons. The topological polar surface area (TPSA) is 58.6 Å². The van der Waals surface area contributed by atoms with Gasteiger partial charge in [-0.05, 0) is 47.9 Å². The normalized spacial score (nSPS) is 11.1. The van der Waals surface area contributed by atoms with Gasteiger partial charge in [0.1, 0.15) is 6.61 Å². The zero-order chi connectivity index (χ0) is 18.7. The summed E-state index contributed by atoms with van der Waals surface area (Å²) in [6, 6.07) is 17.7. The molecule has 1 N–H and O–H groups in total. The molecule has 0 heterocycles. The van der Waals surface area contributed by atoms with E-state index in [1.165, 1.54) is 12.1 Å². The quantitative estimate of drug-likeness (QED) is 0.733. The second-order valence-corrected chi connectivity index (χ2v) is 6.46. The highest BCUT2D eigenvalue weighted by atomic mass is 16.5. The van der Waals surface area contributed by atoms with Crippen molar-refractivity contribution in [1.29, 1.82) is 0 Å². The van der Waals surface area contributed by atoms with Crippen LogP contribution in [-0.4, -0.2) is 36.6 Å². The molecule has 0 fully saturated rings. The van der Waals surface area contributed by atoms with Crippen LogP contribution in [0.3, 0.4) is 0 Å². The Morgan fingerprint density at radius 2 is 1.81 bits per heavy atom. The number of hydrazine groups is 1. The zero-order valence-corrected chi connectivity index (χ0v) is 15.2. The summed E-state index contributed by atoms with van der Waals surface area (Å²) in [6.45, 7) is 3.60. The highest BCUT2D eigenvalue weighted by molar-refractivity contribution is 6.04. The van der Waals surface area contributed by atoms with Crippen LogP contribution in [-0.2, 0) is 9.53 Å². The number of fused-ring (bicyclic) bond motifs is 3. The van der Waals surface area contributed by atoms with Gasteiger partial charge < -0.3 is 4.74 Å². The van der Waals surface area contributed by atoms with Gasteiger partial charge in [0, 0.05) is 18.7 Å². The predicted octanol–water partition coefficient (Wildman–Crippen LogP) is 3.47. The van der Waals surface area contributed by atoms with E-state index in [1.54, 1.807) is 0 Å². The van der Waals surface area contributed by atoms with E-state index < -0.39 is 0 Å². The highest BCUT2D eigenvalue weighted by Crippen LogP contribution is 2.32.